The first-order chi connectivity index (χ1) is 11.6. The van der Waals surface area contributed by atoms with Crippen molar-refractivity contribution in [2.45, 2.75) is 39.2 Å². The lowest BCUT2D eigenvalue weighted by Gasteiger charge is -2.08. The van der Waals surface area contributed by atoms with Crippen molar-refractivity contribution in [3.63, 3.8) is 0 Å². The van der Waals surface area contributed by atoms with E-state index in [2.05, 4.69) is 39.8 Å². The molecule has 1 aromatic carbocycles. The Balaban J connectivity index is 1.40. The van der Waals surface area contributed by atoms with E-state index in [9.17, 15) is 4.79 Å². The summed E-state index contributed by atoms with van der Waals surface area (Å²) in [7, 11) is 0. The van der Waals surface area contributed by atoms with Crippen molar-refractivity contribution in [1.82, 2.24) is 19.9 Å². The summed E-state index contributed by atoms with van der Waals surface area (Å²) >= 11 is 0. The van der Waals surface area contributed by atoms with Gasteiger partial charge in [-0.1, -0.05) is 0 Å². The third kappa shape index (κ3) is 2.70. The standard InChI is InChI=1S/C19H22N4O/c1-12-9-14(13(2)23(12)16-4-5-16)7-8-20-19(24)15-3-6-17-18(10-15)22-11-21-17/h3,6,9-11,16H,4-5,7-8H2,1-2H3,(H,20,24)(H,21,22). The Labute approximate surface area is 141 Å². The summed E-state index contributed by atoms with van der Waals surface area (Å²) in [5.41, 5.74) is 6.44. The number of fused-ring (bicyclic) bond motifs is 1. The van der Waals surface area contributed by atoms with Gasteiger partial charge in [-0.3, -0.25) is 4.79 Å². The summed E-state index contributed by atoms with van der Waals surface area (Å²) in [6.07, 6.45) is 5.09. The van der Waals surface area contributed by atoms with Gasteiger partial charge in [0.1, 0.15) is 0 Å². The number of nitrogens with one attached hydrogen (secondary N) is 2. The molecule has 2 aromatic heterocycles. The van der Waals surface area contributed by atoms with Gasteiger partial charge in [0.05, 0.1) is 17.4 Å². The third-order valence-electron chi connectivity index (χ3n) is 4.86. The molecule has 124 valence electrons. The van der Waals surface area contributed by atoms with Crippen LogP contribution < -0.4 is 5.32 Å². The van der Waals surface area contributed by atoms with Crippen LogP contribution in [-0.4, -0.2) is 27.0 Å². The summed E-state index contributed by atoms with van der Waals surface area (Å²) in [6, 6.07) is 8.49. The predicted molar refractivity (Wildman–Crippen MR) is 94.3 cm³/mol. The van der Waals surface area contributed by atoms with E-state index in [0.717, 1.165) is 17.5 Å². The highest BCUT2D eigenvalue weighted by Gasteiger charge is 2.26. The molecule has 24 heavy (non-hydrogen) atoms. The van der Waals surface area contributed by atoms with Gasteiger partial charge in [-0.05, 0) is 62.9 Å². The molecule has 0 radical (unpaired) electrons. The van der Waals surface area contributed by atoms with Gasteiger partial charge < -0.3 is 14.9 Å². The van der Waals surface area contributed by atoms with Crippen LogP contribution in [-0.2, 0) is 6.42 Å². The lowest BCUT2D eigenvalue weighted by molar-refractivity contribution is 0.0954. The maximum absolute atomic E-state index is 12.3. The third-order valence-corrected chi connectivity index (χ3v) is 4.86. The van der Waals surface area contributed by atoms with E-state index in [1.165, 1.54) is 29.8 Å². The van der Waals surface area contributed by atoms with E-state index < -0.39 is 0 Å². The molecule has 0 aliphatic heterocycles. The molecule has 3 aromatic rings. The first kappa shape index (κ1) is 15.0. The predicted octanol–water partition coefficient (Wildman–Crippen LogP) is 3.29. The summed E-state index contributed by atoms with van der Waals surface area (Å²) in [5.74, 6) is -0.0394. The summed E-state index contributed by atoms with van der Waals surface area (Å²) in [5, 5.41) is 3.02. The Morgan fingerprint density at radius 3 is 2.96 bits per heavy atom. The van der Waals surface area contributed by atoms with Crippen LogP contribution in [0.2, 0.25) is 0 Å². The van der Waals surface area contributed by atoms with E-state index in [1.54, 1.807) is 6.33 Å². The number of rotatable bonds is 5. The fourth-order valence-electron chi connectivity index (χ4n) is 3.48. The number of carbonyl (C=O) groups is 1. The number of hydrogen-bond donors (Lipinski definition) is 2. The first-order valence-corrected chi connectivity index (χ1v) is 8.52. The zero-order valence-corrected chi connectivity index (χ0v) is 14.1. The SMILES string of the molecule is Cc1cc(CCNC(=O)c2ccc3nc[nH]c3c2)c(C)n1C1CC1. The molecule has 0 atom stereocenters. The molecule has 0 saturated heterocycles. The van der Waals surface area contributed by atoms with Gasteiger partial charge in [-0.15, -0.1) is 0 Å². The van der Waals surface area contributed by atoms with Gasteiger partial charge in [0, 0.05) is 29.5 Å². The Bertz CT molecular complexity index is 901. The molecular formula is C19H22N4O. The number of imidazole rings is 1. The van der Waals surface area contributed by atoms with Gasteiger partial charge in [0.15, 0.2) is 0 Å². The smallest absolute Gasteiger partial charge is 0.251 e. The zero-order chi connectivity index (χ0) is 16.7. The number of H-pyrrole nitrogens is 1. The molecule has 2 N–H and O–H groups in total. The molecule has 5 heteroatoms. The number of amides is 1. The Morgan fingerprint density at radius 1 is 1.33 bits per heavy atom. The van der Waals surface area contributed by atoms with Gasteiger partial charge in [0.2, 0.25) is 0 Å². The highest BCUT2D eigenvalue weighted by Crippen LogP contribution is 2.38. The van der Waals surface area contributed by atoms with Gasteiger partial charge in [-0.2, -0.15) is 0 Å². The Kier molecular flexibility index (Phi) is 3.63. The molecule has 1 aliphatic carbocycles. The molecule has 1 aliphatic rings. The van der Waals surface area contributed by atoms with Crippen LogP contribution in [0.15, 0.2) is 30.6 Å². The molecule has 1 fully saturated rings. The van der Waals surface area contributed by atoms with Crippen LogP contribution in [0.5, 0.6) is 0 Å². The molecule has 0 bridgehead atoms. The first-order valence-electron chi connectivity index (χ1n) is 8.52. The van der Waals surface area contributed by atoms with Crippen LogP contribution in [0, 0.1) is 13.8 Å². The average Bonchev–Trinajstić information content (AvgIpc) is 3.21. The van der Waals surface area contributed by atoms with Crippen molar-refractivity contribution < 1.29 is 4.79 Å². The number of benzene rings is 1. The number of aryl methyl sites for hydroxylation is 1. The zero-order valence-electron chi connectivity index (χ0n) is 14.1. The molecule has 5 nitrogen and oxygen atoms in total. The van der Waals surface area contributed by atoms with Gasteiger partial charge >= 0.3 is 0 Å². The minimum absolute atomic E-state index is 0.0394. The van der Waals surface area contributed by atoms with Crippen LogP contribution in [0.3, 0.4) is 0 Å². The van der Waals surface area contributed by atoms with Crippen molar-refractivity contribution in [2.24, 2.45) is 0 Å². The van der Waals surface area contributed by atoms with Crippen molar-refractivity contribution >= 4 is 16.9 Å². The van der Waals surface area contributed by atoms with E-state index >= 15 is 0 Å². The molecule has 4 rings (SSSR count). The maximum Gasteiger partial charge on any atom is 0.251 e. The largest absolute Gasteiger partial charge is 0.352 e. The van der Waals surface area contributed by atoms with Crippen LogP contribution in [0.1, 0.15) is 46.2 Å². The van der Waals surface area contributed by atoms with Crippen molar-refractivity contribution in [3.8, 4) is 0 Å². The van der Waals surface area contributed by atoms with E-state index in [-0.39, 0.29) is 5.91 Å². The fourth-order valence-corrected chi connectivity index (χ4v) is 3.48. The lowest BCUT2D eigenvalue weighted by Crippen LogP contribution is -2.25. The molecule has 1 amide bonds. The van der Waals surface area contributed by atoms with Crippen molar-refractivity contribution in [2.75, 3.05) is 6.54 Å². The van der Waals surface area contributed by atoms with Crippen LogP contribution in [0.25, 0.3) is 11.0 Å². The lowest BCUT2D eigenvalue weighted by atomic mass is 10.1. The number of hydrogen-bond acceptors (Lipinski definition) is 2. The van der Waals surface area contributed by atoms with E-state index in [0.29, 0.717) is 18.2 Å². The van der Waals surface area contributed by atoms with E-state index in [1.807, 2.05) is 18.2 Å². The highest BCUT2D eigenvalue weighted by atomic mass is 16.1. The van der Waals surface area contributed by atoms with Crippen LogP contribution in [0.4, 0.5) is 0 Å². The minimum Gasteiger partial charge on any atom is -0.352 e. The quantitative estimate of drug-likeness (QED) is 0.757. The number of carbonyl (C=O) groups excluding carboxylic acids is 1. The van der Waals surface area contributed by atoms with Crippen LogP contribution >= 0.6 is 0 Å². The topological polar surface area (TPSA) is 62.7 Å². The van der Waals surface area contributed by atoms with Gasteiger partial charge in [-0.25, -0.2) is 4.98 Å². The summed E-state index contributed by atoms with van der Waals surface area (Å²) < 4.78 is 2.45. The summed E-state index contributed by atoms with van der Waals surface area (Å²) in [4.78, 5) is 19.5. The number of nitrogens with zero attached hydrogens (tertiary/aromatic N) is 2. The molecule has 0 spiro atoms. The van der Waals surface area contributed by atoms with Gasteiger partial charge in [0.25, 0.3) is 5.91 Å². The molecule has 1 saturated carbocycles. The normalized spacial score (nSPS) is 14.2. The second kappa shape index (κ2) is 5.82. The Morgan fingerprint density at radius 2 is 2.17 bits per heavy atom. The van der Waals surface area contributed by atoms with E-state index in [4.69, 9.17) is 0 Å². The second-order valence-electron chi connectivity index (χ2n) is 6.64. The molecular weight excluding hydrogens is 300 g/mol. The highest BCUT2D eigenvalue weighted by molar-refractivity contribution is 5.97. The fraction of sp³-hybridized carbons (Fsp3) is 0.368. The molecule has 2 heterocycles. The second-order valence-corrected chi connectivity index (χ2v) is 6.64. The molecule has 0 unspecified atom stereocenters. The monoisotopic (exact) mass is 322 g/mol. The average molecular weight is 322 g/mol. The minimum atomic E-state index is -0.0394. The number of aromatic nitrogens is 3. The Hall–Kier alpha value is -2.56. The van der Waals surface area contributed by atoms with Crippen molar-refractivity contribution in [1.29, 1.82) is 0 Å². The van der Waals surface area contributed by atoms with Crippen molar-refractivity contribution in [3.05, 3.63) is 53.1 Å². The summed E-state index contributed by atoms with van der Waals surface area (Å²) in [6.45, 7) is 5.01. The maximum atomic E-state index is 12.3. The number of aromatic amines is 1.